The summed E-state index contributed by atoms with van der Waals surface area (Å²) < 4.78 is 7.87. The Bertz CT molecular complexity index is 1050. The Balaban J connectivity index is 1.91. The predicted molar refractivity (Wildman–Crippen MR) is 92.3 cm³/mol. The van der Waals surface area contributed by atoms with Gasteiger partial charge in [-0.05, 0) is 30.5 Å². The molecular weight excluding hydrogens is 288 g/mol. The van der Waals surface area contributed by atoms with Gasteiger partial charge in [-0.1, -0.05) is 42.5 Å². The van der Waals surface area contributed by atoms with E-state index in [1.807, 2.05) is 55.5 Å². The second-order valence-corrected chi connectivity index (χ2v) is 5.41. The number of nitrogens with one attached hydrogen (secondary N) is 1. The number of nitrogens with zero attached hydrogens (tertiary/aromatic N) is 1. The third-order valence-electron chi connectivity index (χ3n) is 4.04. The van der Waals surface area contributed by atoms with E-state index < -0.39 is 0 Å². The molecule has 0 unspecified atom stereocenters. The van der Waals surface area contributed by atoms with Crippen LogP contribution in [0.3, 0.4) is 0 Å². The van der Waals surface area contributed by atoms with Crippen LogP contribution in [0, 0.1) is 0 Å². The fourth-order valence-corrected chi connectivity index (χ4v) is 2.97. The molecule has 114 valence electrons. The van der Waals surface area contributed by atoms with Gasteiger partial charge >= 0.3 is 5.69 Å². The van der Waals surface area contributed by atoms with E-state index in [2.05, 4.69) is 17.1 Å². The lowest BCUT2D eigenvalue weighted by Gasteiger charge is -2.11. The van der Waals surface area contributed by atoms with Crippen LogP contribution in [0.5, 0.6) is 11.5 Å². The number of hydrogen-bond acceptors (Lipinski definition) is 2. The van der Waals surface area contributed by atoms with Gasteiger partial charge in [-0.3, -0.25) is 4.57 Å². The Morgan fingerprint density at radius 2 is 1.70 bits per heavy atom. The first-order valence-corrected chi connectivity index (χ1v) is 7.65. The van der Waals surface area contributed by atoms with Crippen LogP contribution in [-0.4, -0.2) is 9.55 Å². The van der Waals surface area contributed by atoms with Gasteiger partial charge in [-0.2, -0.15) is 0 Å². The predicted octanol–water partition coefficient (Wildman–Crippen LogP) is 4.30. The number of fused-ring (bicyclic) bond motifs is 2. The van der Waals surface area contributed by atoms with Crippen LogP contribution in [-0.2, 0) is 6.54 Å². The summed E-state index contributed by atoms with van der Waals surface area (Å²) in [5.74, 6) is 1.46. The second-order valence-electron chi connectivity index (χ2n) is 5.41. The maximum Gasteiger partial charge on any atom is 0.326 e. The SMILES string of the molecule is CCn1c(=O)[nH]c2cccc(Oc3cccc4ccccc34)c21. The number of para-hydroxylation sites is 1. The van der Waals surface area contributed by atoms with Crippen molar-refractivity contribution in [3.05, 3.63) is 71.1 Å². The largest absolute Gasteiger partial charge is 0.454 e. The molecule has 0 radical (unpaired) electrons. The number of imidazole rings is 1. The van der Waals surface area contributed by atoms with Crippen LogP contribution in [0.2, 0.25) is 0 Å². The molecule has 1 N–H and O–H groups in total. The fourth-order valence-electron chi connectivity index (χ4n) is 2.97. The summed E-state index contributed by atoms with van der Waals surface area (Å²) in [4.78, 5) is 14.9. The lowest BCUT2D eigenvalue weighted by molar-refractivity contribution is 0.490. The Hall–Kier alpha value is -3.01. The smallest absolute Gasteiger partial charge is 0.326 e. The molecule has 0 saturated carbocycles. The molecule has 1 aromatic heterocycles. The minimum atomic E-state index is -0.114. The highest BCUT2D eigenvalue weighted by Gasteiger charge is 2.12. The first-order valence-electron chi connectivity index (χ1n) is 7.65. The zero-order chi connectivity index (χ0) is 15.8. The number of ether oxygens (including phenoxy) is 1. The van der Waals surface area contributed by atoms with Gasteiger partial charge in [0.1, 0.15) is 11.3 Å². The zero-order valence-corrected chi connectivity index (χ0v) is 12.7. The van der Waals surface area contributed by atoms with E-state index in [0.717, 1.165) is 27.6 Å². The van der Waals surface area contributed by atoms with Crippen LogP contribution in [0.15, 0.2) is 65.5 Å². The lowest BCUT2D eigenvalue weighted by Crippen LogP contribution is -2.15. The van der Waals surface area contributed by atoms with E-state index in [1.54, 1.807) is 4.57 Å². The fraction of sp³-hybridized carbons (Fsp3) is 0.105. The Morgan fingerprint density at radius 3 is 2.57 bits per heavy atom. The molecule has 0 saturated heterocycles. The molecule has 0 aliphatic heterocycles. The number of H-pyrrole nitrogens is 1. The van der Waals surface area contributed by atoms with Gasteiger partial charge < -0.3 is 9.72 Å². The van der Waals surface area contributed by atoms with Crippen molar-refractivity contribution in [2.45, 2.75) is 13.5 Å². The first kappa shape index (κ1) is 13.6. The third-order valence-corrected chi connectivity index (χ3v) is 4.04. The summed E-state index contributed by atoms with van der Waals surface area (Å²) in [6.07, 6.45) is 0. The highest BCUT2D eigenvalue weighted by Crippen LogP contribution is 2.33. The van der Waals surface area contributed by atoms with Gasteiger partial charge in [-0.15, -0.1) is 0 Å². The normalized spacial score (nSPS) is 11.2. The van der Waals surface area contributed by atoms with Gasteiger partial charge in [0.15, 0.2) is 5.75 Å². The monoisotopic (exact) mass is 304 g/mol. The number of aromatic nitrogens is 2. The van der Waals surface area contributed by atoms with Crippen LogP contribution in [0.25, 0.3) is 21.8 Å². The summed E-state index contributed by atoms with van der Waals surface area (Å²) in [6, 6.07) is 19.7. The van der Waals surface area contributed by atoms with E-state index >= 15 is 0 Å². The standard InChI is InChI=1S/C19H16N2O2/c1-2-21-18-15(20-19(21)22)10-6-12-17(18)23-16-11-5-8-13-7-3-4-9-14(13)16/h3-12H,2H2,1H3,(H,20,22). The lowest BCUT2D eigenvalue weighted by atomic mass is 10.1. The van der Waals surface area contributed by atoms with Gasteiger partial charge in [0.25, 0.3) is 0 Å². The van der Waals surface area contributed by atoms with Crippen LogP contribution < -0.4 is 10.4 Å². The summed E-state index contributed by atoms with van der Waals surface area (Å²) >= 11 is 0. The average Bonchev–Trinajstić information content (AvgIpc) is 2.91. The highest BCUT2D eigenvalue weighted by molar-refractivity contribution is 5.89. The van der Waals surface area contributed by atoms with Crippen molar-refractivity contribution in [2.24, 2.45) is 0 Å². The maximum atomic E-state index is 12.0. The molecular formula is C19H16N2O2. The Morgan fingerprint density at radius 1 is 0.957 bits per heavy atom. The van der Waals surface area contributed by atoms with E-state index in [0.29, 0.717) is 12.3 Å². The zero-order valence-electron chi connectivity index (χ0n) is 12.7. The van der Waals surface area contributed by atoms with Crippen molar-refractivity contribution in [2.75, 3.05) is 0 Å². The number of aryl methyl sites for hydroxylation is 1. The number of benzene rings is 3. The van der Waals surface area contributed by atoms with Gasteiger partial charge in [-0.25, -0.2) is 4.79 Å². The van der Waals surface area contributed by atoms with Crippen LogP contribution in [0.1, 0.15) is 6.92 Å². The number of aromatic amines is 1. The molecule has 0 amide bonds. The molecule has 0 aliphatic rings. The van der Waals surface area contributed by atoms with Crippen molar-refractivity contribution in [3.8, 4) is 11.5 Å². The minimum Gasteiger partial charge on any atom is -0.454 e. The van der Waals surface area contributed by atoms with Gasteiger partial charge in [0, 0.05) is 11.9 Å². The maximum absolute atomic E-state index is 12.0. The molecule has 23 heavy (non-hydrogen) atoms. The Labute approximate surface area is 132 Å². The van der Waals surface area contributed by atoms with Crippen molar-refractivity contribution in [1.29, 1.82) is 0 Å². The summed E-state index contributed by atoms with van der Waals surface area (Å²) in [7, 11) is 0. The quantitative estimate of drug-likeness (QED) is 0.613. The summed E-state index contributed by atoms with van der Waals surface area (Å²) in [6.45, 7) is 2.54. The van der Waals surface area contributed by atoms with Crippen molar-refractivity contribution < 1.29 is 4.74 Å². The Kier molecular flexibility index (Phi) is 3.15. The molecule has 0 fully saturated rings. The third kappa shape index (κ3) is 2.19. The van der Waals surface area contributed by atoms with E-state index in [1.165, 1.54) is 0 Å². The molecule has 4 heteroatoms. The highest BCUT2D eigenvalue weighted by atomic mass is 16.5. The second kappa shape index (κ2) is 5.32. The van der Waals surface area contributed by atoms with Gasteiger partial charge in [0.2, 0.25) is 0 Å². The molecule has 1 heterocycles. The molecule has 4 rings (SSSR count). The average molecular weight is 304 g/mol. The van der Waals surface area contributed by atoms with E-state index in [4.69, 9.17) is 4.74 Å². The van der Waals surface area contributed by atoms with Gasteiger partial charge in [0.05, 0.1) is 5.52 Å². The minimum absolute atomic E-state index is 0.114. The van der Waals surface area contributed by atoms with Crippen LogP contribution in [0.4, 0.5) is 0 Å². The molecule has 0 spiro atoms. The summed E-state index contributed by atoms with van der Waals surface area (Å²) in [5, 5.41) is 2.17. The molecule has 0 aliphatic carbocycles. The van der Waals surface area contributed by atoms with Crippen molar-refractivity contribution in [3.63, 3.8) is 0 Å². The van der Waals surface area contributed by atoms with E-state index in [-0.39, 0.29) is 5.69 Å². The van der Waals surface area contributed by atoms with E-state index in [9.17, 15) is 4.79 Å². The first-order chi connectivity index (χ1) is 11.3. The molecule has 4 aromatic rings. The molecule has 3 aromatic carbocycles. The molecule has 0 bridgehead atoms. The molecule has 4 nitrogen and oxygen atoms in total. The number of hydrogen-bond donors (Lipinski definition) is 1. The van der Waals surface area contributed by atoms with Crippen molar-refractivity contribution >= 4 is 21.8 Å². The summed E-state index contributed by atoms with van der Waals surface area (Å²) in [5.41, 5.74) is 1.47. The van der Waals surface area contributed by atoms with Crippen molar-refractivity contribution in [1.82, 2.24) is 9.55 Å². The topological polar surface area (TPSA) is 47.0 Å². The molecule has 0 atom stereocenters. The number of rotatable bonds is 3. The van der Waals surface area contributed by atoms with Crippen LogP contribution >= 0.6 is 0 Å².